The molecule has 2 aromatic heterocycles. The topological polar surface area (TPSA) is 104 Å². The Bertz CT molecular complexity index is 558. The predicted molar refractivity (Wildman–Crippen MR) is 59.8 cm³/mol. The fraction of sp³-hybridized carbons (Fsp3) is 0.250. The summed E-state index contributed by atoms with van der Waals surface area (Å²) < 4.78 is 0. The van der Waals surface area contributed by atoms with Crippen LogP contribution in [-0.4, -0.2) is 26.7 Å². The van der Waals surface area contributed by atoms with Crippen LogP contribution in [-0.2, 0) is 6.42 Å². The Hall–Kier alpha value is -1.96. The summed E-state index contributed by atoms with van der Waals surface area (Å²) in [6.07, 6.45) is 2.43. The molecule has 0 aliphatic rings. The summed E-state index contributed by atoms with van der Waals surface area (Å²) in [6.45, 7) is 0.537. The molecule has 0 atom stereocenters. The minimum Gasteiger partial charge on any atom is -0.364 e. The van der Waals surface area contributed by atoms with Crippen LogP contribution in [0.4, 0.5) is 5.82 Å². The van der Waals surface area contributed by atoms with E-state index in [1.807, 2.05) is 5.38 Å². The van der Waals surface area contributed by atoms with E-state index in [9.17, 15) is 9.59 Å². The van der Waals surface area contributed by atoms with Gasteiger partial charge in [0.05, 0.1) is 5.01 Å². The highest BCUT2D eigenvalue weighted by molar-refractivity contribution is 7.09. The van der Waals surface area contributed by atoms with Crippen molar-refractivity contribution < 1.29 is 0 Å². The van der Waals surface area contributed by atoms with Gasteiger partial charge in [-0.3, -0.25) is 9.78 Å². The van der Waals surface area contributed by atoms with Gasteiger partial charge >= 0.3 is 5.69 Å². The lowest BCUT2D eigenvalue weighted by atomic mass is 10.4. The van der Waals surface area contributed by atoms with Crippen molar-refractivity contribution in [2.24, 2.45) is 0 Å². The van der Waals surface area contributed by atoms with Gasteiger partial charge in [0.1, 0.15) is 0 Å². The number of nitrogens with zero attached hydrogens (tertiary/aromatic N) is 2. The van der Waals surface area contributed by atoms with Gasteiger partial charge in [0.25, 0.3) is 5.56 Å². The first-order valence-corrected chi connectivity index (χ1v) is 5.45. The number of hydrogen-bond acceptors (Lipinski definition) is 6. The average molecular weight is 239 g/mol. The molecular formula is C8H9N5O2S. The molecule has 0 saturated carbocycles. The molecule has 0 amide bonds. The van der Waals surface area contributed by atoms with E-state index in [-0.39, 0.29) is 5.82 Å². The molecule has 0 saturated heterocycles. The molecule has 84 valence electrons. The second kappa shape index (κ2) is 4.71. The van der Waals surface area contributed by atoms with Crippen LogP contribution < -0.4 is 16.6 Å². The Morgan fingerprint density at radius 2 is 2.31 bits per heavy atom. The highest BCUT2D eigenvalue weighted by atomic mass is 32.1. The Morgan fingerprint density at radius 1 is 1.44 bits per heavy atom. The zero-order chi connectivity index (χ0) is 11.4. The van der Waals surface area contributed by atoms with Crippen molar-refractivity contribution in [3.8, 4) is 0 Å². The number of aromatic amines is 2. The van der Waals surface area contributed by atoms with Crippen molar-refractivity contribution in [1.82, 2.24) is 20.2 Å². The Morgan fingerprint density at radius 3 is 3.00 bits per heavy atom. The highest BCUT2D eigenvalue weighted by Crippen LogP contribution is 2.04. The quantitative estimate of drug-likeness (QED) is 0.671. The lowest BCUT2D eigenvalue weighted by molar-refractivity contribution is 0.875. The van der Waals surface area contributed by atoms with Crippen LogP contribution in [0.25, 0.3) is 0 Å². The van der Waals surface area contributed by atoms with Crippen molar-refractivity contribution in [2.45, 2.75) is 6.42 Å². The number of rotatable bonds is 4. The summed E-state index contributed by atoms with van der Waals surface area (Å²) in [5, 5.41) is 11.4. The van der Waals surface area contributed by atoms with Crippen LogP contribution in [0.5, 0.6) is 0 Å². The van der Waals surface area contributed by atoms with Gasteiger partial charge in [-0.05, 0) is 0 Å². The molecule has 8 heteroatoms. The van der Waals surface area contributed by atoms with Crippen molar-refractivity contribution in [2.75, 3.05) is 11.9 Å². The van der Waals surface area contributed by atoms with Crippen molar-refractivity contribution in [3.05, 3.63) is 37.4 Å². The van der Waals surface area contributed by atoms with E-state index in [0.717, 1.165) is 5.01 Å². The van der Waals surface area contributed by atoms with Crippen molar-refractivity contribution in [3.63, 3.8) is 0 Å². The second-order valence-electron chi connectivity index (χ2n) is 2.96. The second-order valence-corrected chi connectivity index (χ2v) is 3.94. The zero-order valence-corrected chi connectivity index (χ0v) is 9.00. The molecule has 0 aliphatic carbocycles. The Balaban J connectivity index is 1.95. The van der Waals surface area contributed by atoms with Crippen molar-refractivity contribution >= 4 is 17.2 Å². The van der Waals surface area contributed by atoms with Crippen LogP contribution in [0.3, 0.4) is 0 Å². The number of thiazole rings is 1. The average Bonchev–Trinajstić information content (AvgIpc) is 2.74. The normalized spacial score (nSPS) is 10.2. The van der Waals surface area contributed by atoms with Gasteiger partial charge in [0.2, 0.25) is 5.82 Å². The molecule has 2 heterocycles. The summed E-state index contributed by atoms with van der Waals surface area (Å²) in [5.74, 6) is 0.108. The van der Waals surface area contributed by atoms with Crippen LogP contribution >= 0.6 is 11.3 Å². The molecule has 0 bridgehead atoms. The molecule has 0 unspecified atom stereocenters. The molecule has 7 nitrogen and oxygen atoms in total. The lowest BCUT2D eigenvalue weighted by Crippen LogP contribution is -2.27. The summed E-state index contributed by atoms with van der Waals surface area (Å²) in [7, 11) is 0. The summed E-state index contributed by atoms with van der Waals surface area (Å²) in [5.41, 5.74) is -1.14. The van der Waals surface area contributed by atoms with E-state index >= 15 is 0 Å². The monoisotopic (exact) mass is 239 g/mol. The Kier molecular flexibility index (Phi) is 3.10. The minimum atomic E-state index is -0.615. The van der Waals surface area contributed by atoms with Gasteiger partial charge in [-0.2, -0.15) is 0 Å². The predicted octanol–water partition coefficient (Wildman–Crippen LogP) is -0.431. The van der Waals surface area contributed by atoms with Crippen LogP contribution in [0.1, 0.15) is 5.01 Å². The molecule has 3 N–H and O–H groups in total. The van der Waals surface area contributed by atoms with Gasteiger partial charge in [-0.15, -0.1) is 16.4 Å². The van der Waals surface area contributed by atoms with Gasteiger partial charge in [-0.25, -0.2) is 14.9 Å². The van der Waals surface area contributed by atoms with E-state index in [0.29, 0.717) is 13.0 Å². The van der Waals surface area contributed by atoms with E-state index < -0.39 is 11.2 Å². The lowest BCUT2D eigenvalue weighted by Gasteiger charge is -2.01. The summed E-state index contributed by atoms with van der Waals surface area (Å²) in [4.78, 5) is 28.1. The van der Waals surface area contributed by atoms with Crippen LogP contribution in [0, 0.1) is 0 Å². The molecule has 0 aliphatic heterocycles. The molecular weight excluding hydrogens is 230 g/mol. The fourth-order valence-corrected chi connectivity index (χ4v) is 1.75. The smallest absolute Gasteiger partial charge is 0.342 e. The summed E-state index contributed by atoms with van der Waals surface area (Å²) in [6, 6.07) is 0. The van der Waals surface area contributed by atoms with Crippen molar-refractivity contribution in [1.29, 1.82) is 0 Å². The number of anilines is 1. The first-order valence-electron chi connectivity index (χ1n) is 4.57. The molecule has 0 aromatic carbocycles. The minimum absolute atomic E-state index is 0.108. The first kappa shape index (κ1) is 10.6. The number of aromatic nitrogens is 4. The molecule has 16 heavy (non-hydrogen) atoms. The molecule has 0 spiro atoms. The summed E-state index contributed by atoms with van der Waals surface area (Å²) >= 11 is 1.55. The number of hydrogen-bond donors (Lipinski definition) is 3. The zero-order valence-electron chi connectivity index (χ0n) is 8.19. The number of nitrogens with one attached hydrogen (secondary N) is 3. The molecule has 0 radical (unpaired) electrons. The van der Waals surface area contributed by atoms with Crippen LogP contribution in [0.2, 0.25) is 0 Å². The maximum absolute atomic E-state index is 11.2. The fourth-order valence-electron chi connectivity index (χ4n) is 1.13. The maximum Gasteiger partial charge on any atom is 0.342 e. The third-order valence-electron chi connectivity index (χ3n) is 1.83. The highest BCUT2D eigenvalue weighted by Gasteiger charge is 2.01. The van der Waals surface area contributed by atoms with E-state index in [1.165, 1.54) is 0 Å². The van der Waals surface area contributed by atoms with Gasteiger partial charge in [-0.1, -0.05) is 0 Å². The van der Waals surface area contributed by atoms with E-state index in [2.05, 4.69) is 25.5 Å². The van der Waals surface area contributed by atoms with E-state index in [1.54, 1.807) is 17.5 Å². The third kappa shape index (κ3) is 2.54. The van der Waals surface area contributed by atoms with Gasteiger partial charge < -0.3 is 5.32 Å². The van der Waals surface area contributed by atoms with Gasteiger partial charge in [0.15, 0.2) is 0 Å². The maximum atomic E-state index is 11.2. The van der Waals surface area contributed by atoms with E-state index in [4.69, 9.17) is 0 Å². The van der Waals surface area contributed by atoms with Gasteiger partial charge in [0, 0.05) is 24.5 Å². The standard InChI is InChI=1S/C8H9N5O2S/c14-7-6(12-13-8(15)11-7)10-2-1-5-9-3-4-16-5/h3-4H,1-2H2,(H,10,12)(H2,11,13,14,15). The SMILES string of the molecule is O=c1[nH]nc(NCCc2nccs2)c(=O)[nH]1. The molecule has 0 fully saturated rings. The van der Waals surface area contributed by atoms with Crippen LogP contribution in [0.15, 0.2) is 21.2 Å². The number of H-pyrrole nitrogens is 2. The first-order chi connectivity index (χ1) is 7.75. The molecule has 2 rings (SSSR count). The third-order valence-corrected chi connectivity index (χ3v) is 2.67. The Labute approximate surface area is 93.6 Å². The largest absolute Gasteiger partial charge is 0.364 e. The molecule has 2 aromatic rings.